The van der Waals surface area contributed by atoms with Gasteiger partial charge in [0.1, 0.15) is 5.82 Å². The Labute approximate surface area is 209 Å². The van der Waals surface area contributed by atoms with Gasteiger partial charge in [0.05, 0.1) is 31.3 Å². The Morgan fingerprint density at radius 1 is 1.23 bits per heavy atom. The molecule has 1 aromatic carbocycles. The molecule has 0 bridgehead atoms. The number of carbonyl (C=O) groups is 1. The highest BCUT2D eigenvalue weighted by Crippen LogP contribution is 2.29. The van der Waals surface area contributed by atoms with Gasteiger partial charge in [-0.3, -0.25) is 9.79 Å². The van der Waals surface area contributed by atoms with Crippen molar-refractivity contribution >= 4 is 18.5 Å². The summed E-state index contributed by atoms with van der Waals surface area (Å²) in [6.07, 6.45) is 14.5. The van der Waals surface area contributed by atoms with Crippen molar-refractivity contribution in [2.75, 3.05) is 13.7 Å². The highest BCUT2D eigenvalue weighted by Gasteiger charge is 2.22. The summed E-state index contributed by atoms with van der Waals surface area (Å²) >= 11 is 0. The Balaban J connectivity index is 2.33. The van der Waals surface area contributed by atoms with E-state index < -0.39 is 0 Å². The van der Waals surface area contributed by atoms with Crippen LogP contribution in [0.4, 0.5) is 0 Å². The van der Waals surface area contributed by atoms with Gasteiger partial charge in [-0.1, -0.05) is 51.0 Å². The van der Waals surface area contributed by atoms with Gasteiger partial charge in [0.25, 0.3) is 5.91 Å². The third-order valence-corrected chi connectivity index (χ3v) is 5.61. The zero-order valence-corrected chi connectivity index (χ0v) is 21.4. The number of imidazole rings is 1. The largest absolute Gasteiger partial charge is 0.325 e. The first-order valence-corrected chi connectivity index (χ1v) is 12.3. The predicted octanol–water partition coefficient (Wildman–Crippen LogP) is 4.40. The van der Waals surface area contributed by atoms with Crippen LogP contribution in [0.15, 0.2) is 58.7 Å². The number of aromatic nitrogens is 2. The lowest BCUT2D eigenvalue weighted by Crippen LogP contribution is -2.22. The Bertz CT molecular complexity index is 1030. The van der Waals surface area contributed by atoms with Crippen LogP contribution in [0.25, 0.3) is 11.3 Å². The monoisotopic (exact) mass is 477 g/mol. The normalized spacial score (nSPS) is 13.1. The predicted molar refractivity (Wildman–Crippen MR) is 146 cm³/mol. The Kier molecular flexibility index (Phi) is 12.4. The van der Waals surface area contributed by atoms with Gasteiger partial charge in [-0.05, 0) is 45.0 Å². The van der Waals surface area contributed by atoms with E-state index in [0.29, 0.717) is 12.1 Å². The third-order valence-electron chi connectivity index (χ3n) is 5.61. The molecule has 1 unspecified atom stereocenters. The second kappa shape index (κ2) is 15.5. The molecular formula is C27H39N7O. The molecule has 0 saturated heterocycles. The molecule has 0 aliphatic heterocycles. The first kappa shape index (κ1) is 27.9. The van der Waals surface area contributed by atoms with Crippen molar-refractivity contribution in [2.45, 2.75) is 59.0 Å². The van der Waals surface area contributed by atoms with Gasteiger partial charge in [0.15, 0.2) is 0 Å². The average Bonchev–Trinajstić information content (AvgIpc) is 3.25. The van der Waals surface area contributed by atoms with E-state index in [1.807, 2.05) is 56.6 Å². The van der Waals surface area contributed by atoms with Gasteiger partial charge in [-0.25, -0.2) is 9.98 Å². The lowest BCUT2D eigenvalue weighted by Gasteiger charge is -2.17. The summed E-state index contributed by atoms with van der Waals surface area (Å²) in [5.41, 5.74) is 9.16. The molecule has 0 spiro atoms. The molecule has 4 N–H and O–H groups in total. The zero-order chi connectivity index (χ0) is 25.5. The molecular weight excluding hydrogens is 438 g/mol. The highest BCUT2D eigenvalue weighted by molar-refractivity contribution is 6.00. The molecule has 0 fully saturated rings. The highest BCUT2D eigenvalue weighted by atomic mass is 16.1. The topological polar surface area (TPSA) is 110 Å². The van der Waals surface area contributed by atoms with Gasteiger partial charge < -0.3 is 20.9 Å². The number of aliphatic imine (C=N–C) groups is 2. The van der Waals surface area contributed by atoms with Crippen molar-refractivity contribution in [3.05, 3.63) is 65.8 Å². The summed E-state index contributed by atoms with van der Waals surface area (Å²) in [7, 11) is 1.98. The number of hydrogen-bond donors (Lipinski definition) is 3. The number of nitrogens with two attached hydrogens (primary N) is 1. The summed E-state index contributed by atoms with van der Waals surface area (Å²) in [5.74, 6) is 0.787. The molecule has 0 saturated carbocycles. The fraction of sp³-hybridized carbons (Fsp3) is 0.407. The number of amides is 1. The summed E-state index contributed by atoms with van der Waals surface area (Å²) in [5, 5.41) is 6.12. The first-order valence-electron chi connectivity index (χ1n) is 12.3. The standard InChI is InChI=1S/C27H39N7O/c1-5-8-10-16-31-20-32-27(35)22-14-12-21(13-15-22)25-24(7-3)34(18-17-30-19-28)26(33-25)23(29-4)11-9-6-2/h5,8,10,12-17,20,23,29H,6-7,9,11,18-19,28H2,1-4H3,(H,31,32,35). The quantitative estimate of drug-likeness (QED) is 0.213. The maximum absolute atomic E-state index is 12.4. The molecule has 1 aromatic heterocycles. The van der Waals surface area contributed by atoms with Crippen LogP contribution in [-0.4, -0.2) is 41.7 Å². The van der Waals surface area contributed by atoms with E-state index in [0.717, 1.165) is 48.5 Å². The maximum atomic E-state index is 12.4. The molecule has 8 nitrogen and oxygen atoms in total. The third kappa shape index (κ3) is 8.12. The lowest BCUT2D eigenvalue weighted by molar-refractivity contribution is 0.0978. The Morgan fingerprint density at radius 2 is 2.00 bits per heavy atom. The van der Waals surface area contributed by atoms with E-state index in [1.54, 1.807) is 12.3 Å². The van der Waals surface area contributed by atoms with Gasteiger partial charge in [0, 0.05) is 29.2 Å². The fourth-order valence-electron chi connectivity index (χ4n) is 3.80. The summed E-state index contributed by atoms with van der Waals surface area (Å²) in [6, 6.07) is 7.67. The van der Waals surface area contributed by atoms with E-state index in [1.165, 1.54) is 6.34 Å². The van der Waals surface area contributed by atoms with Crippen LogP contribution in [0.5, 0.6) is 0 Å². The van der Waals surface area contributed by atoms with Crippen LogP contribution in [0, 0.1) is 0 Å². The molecule has 1 heterocycles. The minimum Gasteiger partial charge on any atom is -0.325 e. The number of nitrogens with one attached hydrogen (secondary N) is 2. The summed E-state index contributed by atoms with van der Waals surface area (Å²) in [6.45, 7) is 7.14. The number of carbonyl (C=O) groups excluding carboxylic acids is 1. The second-order valence-electron chi connectivity index (χ2n) is 7.96. The number of unbranched alkanes of at least 4 members (excludes halogenated alkanes) is 1. The van der Waals surface area contributed by atoms with E-state index in [2.05, 4.69) is 39.0 Å². The number of hydrogen-bond acceptors (Lipinski definition) is 6. The van der Waals surface area contributed by atoms with Crippen molar-refractivity contribution in [3.8, 4) is 11.3 Å². The van der Waals surface area contributed by atoms with E-state index in [-0.39, 0.29) is 18.6 Å². The van der Waals surface area contributed by atoms with Crippen LogP contribution in [-0.2, 0) is 13.0 Å². The lowest BCUT2D eigenvalue weighted by atomic mass is 10.1. The SMILES string of the molecule is CC=CC=CN=CNC(=O)c1ccc(-c2nc(C(CCCC)NC)n(CC=NCN)c2CC)cc1. The molecule has 1 amide bonds. The van der Waals surface area contributed by atoms with Gasteiger partial charge in [-0.15, -0.1) is 0 Å². The number of rotatable bonds is 14. The van der Waals surface area contributed by atoms with Crippen molar-refractivity contribution in [1.29, 1.82) is 0 Å². The molecule has 0 aliphatic rings. The molecule has 8 heteroatoms. The number of benzene rings is 1. The molecule has 1 atom stereocenters. The number of nitrogens with zero attached hydrogens (tertiary/aromatic N) is 4. The first-order chi connectivity index (χ1) is 17.1. The molecule has 35 heavy (non-hydrogen) atoms. The van der Waals surface area contributed by atoms with E-state index in [9.17, 15) is 4.79 Å². The van der Waals surface area contributed by atoms with E-state index >= 15 is 0 Å². The minimum absolute atomic E-state index is 0.145. The fourth-order valence-corrected chi connectivity index (χ4v) is 3.80. The minimum atomic E-state index is -0.213. The Hall–Kier alpha value is -3.36. The second-order valence-corrected chi connectivity index (χ2v) is 7.96. The molecule has 0 radical (unpaired) electrons. The summed E-state index contributed by atoms with van der Waals surface area (Å²) < 4.78 is 2.24. The van der Waals surface area contributed by atoms with Crippen LogP contribution >= 0.6 is 0 Å². The molecule has 188 valence electrons. The van der Waals surface area contributed by atoms with Crippen LogP contribution in [0.1, 0.15) is 68.0 Å². The van der Waals surface area contributed by atoms with Gasteiger partial charge in [-0.2, -0.15) is 0 Å². The summed E-state index contributed by atoms with van der Waals surface area (Å²) in [4.78, 5) is 25.8. The van der Waals surface area contributed by atoms with Crippen LogP contribution in [0.3, 0.4) is 0 Å². The van der Waals surface area contributed by atoms with Crippen molar-refractivity contribution < 1.29 is 4.79 Å². The van der Waals surface area contributed by atoms with E-state index in [4.69, 9.17) is 10.7 Å². The van der Waals surface area contributed by atoms with Crippen LogP contribution < -0.4 is 16.4 Å². The van der Waals surface area contributed by atoms with Crippen molar-refractivity contribution in [2.24, 2.45) is 15.7 Å². The molecule has 2 aromatic rings. The smallest absolute Gasteiger partial charge is 0.256 e. The zero-order valence-electron chi connectivity index (χ0n) is 21.4. The Morgan fingerprint density at radius 3 is 2.63 bits per heavy atom. The van der Waals surface area contributed by atoms with Crippen molar-refractivity contribution in [1.82, 2.24) is 20.2 Å². The maximum Gasteiger partial charge on any atom is 0.256 e. The van der Waals surface area contributed by atoms with Crippen LogP contribution in [0.2, 0.25) is 0 Å². The molecule has 2 rings (SSSR count). The molecule has 0 aliphatic carbocycles. The number of allylic oxidation sites excluding steroid dienone is 3. The van der Waals surface area contributed by atoms with Gasteiger partial charge in [0.2, 0.25) is 0 Å². The van der Waals surface area contributed by atoms with Crippen molar-refractivity contribution in [3.63, 3.8) is 0 Å². The van der Waals surface area contributed by atoms with Gasteiger partial charge >= 0.3 is 0 Å². The average molecular weight is 478 g/mol.